The Balaban J connectivity index is 3.31. The molecule has 0 unspecified atom stereocenters. The minimum Gasteiger partial charge on any atom is -0.364 e. The van der Waals surface area contributed by atoms with Crippen LogP contribution in [0.4, 0.5) is 17.3 Å². The van der Waals surface area contributed by atoms with Crippen molar-refractivity contribution < 1.29 is 4.92 Å². The van der Waals surface area contributed by atoms with Crippen LogP contribution < -0.4 is 10.2 Å². The second-order valence-electron chi connectivity index (χ2n) is 4.47. The van der Waals surface area contributed by atoms with E-state index in [1.807, 2.05) is 32.6 Å². The molecule has 0 aliphatic heterocycles. The first-order valence-electron chi connectivity index (χ1n) is 6.52. The van der Waals surface area contributed by atoms with E-state index in [0.717, 1.165) is 13.0 Å². The second kappa shape index (κ2) is 6.86. The highest BCUT2D eigenvalue weighted by Gasteiger charge is 2.27. The molecule has 0 fully saturated rings. The summed E-state index contributed by atoms with van der Waals surface area (Å²) in [6.07, 6.45) is 2.27. The molecule has 0 aliphatic carbocycles. The molecule has 0 bridgehead atoms. The number of aromatic nitrogens is 2. The number of hydrogen-bond donors (Lipinski definition) is 1. The number of nitro groups is 1. The summed E-state index contributed by atoms with van der Waals surface area (Å²) < 4.78 is 0. The summed E-state index contributed by atoms with van der Waals surface area (Å²) in [5, 5.41) is 14.2. The molecule has 0 spiro atoms. The Morgan fingerprint density at radius 2 is 2.11 bits per heavy atom. The van der Waals surface area contributed by atoms with E-state index in [1.54, 1.807) is 0 Å². The lowest BCUT2D eigenvalue weighted by Gasteiger charge is -2.27. The van der Waals surface area contributed by atoms with Crippen molar-refractivity contribution in [3.63, 3.8) is 0 Å². The number of hydrogen-bond acceptors (Lipinski definition) is 6. The van der Waals surface area contributed by atoms with E-state index in [-0.39, 0.29) is 17.5 Å². The summed E-state index contributed by atoms with van der Waals surface area (Å²) >= 11 is 0. The average molecular weight is 267 g/mol. The van der Waals surface area contributed by atoms with Gasteiger partial charge in [0, 0.05) is 19.1 Å². The third-order valence-corrected chi connectivity index (χ3v) is 2.69. The monoisotopic (exact) mass is 267 g/mol. The molecule has 19 heavy (non-hydrogen) atoms. The lowest BCUT2D eigenvalue weighted by Crippen LogP contribution is -2.33. The van der Waals surface area contributed by atoms with Crippen LogP contribution in [0.5, 0.6) is 0 Å². The number of nitrogens with zero attached hydrogens (tertiary/aromatic N) is 4. The zero-order chi connectivity index (χ0) is 14.4. The van der Waals surface area contributed by atoms with Gasteiger partial charge in [-0.05, 0) is 27.2 Å². The zero-order valence-corrected chi connectivity index (χ0v) is 11.9. The molecule has 0 atom stereocenters. The van der Waals surface area contributed by atoms with Gasteiger partial charge >= 0.3 is 5.69 Å². The molecule has 7 nitrogen and oxygen atoms in total. The smallest absolute Gasteiger partial charge is 0.353 e. The first-order chi connectivity index (χ1) is 9.02. The predicted molar refractivity (Wildman–Crippen MR) is 75.6 cm³/mol. The SMILES string of the molecule is CCCN(c1ncnc(NCC)c1[N+](=O)[O-])C(C)C. The molecule has 0 saturated carbocycles. The predicted octanol–water partition coefficient (Wildman–Crippen LogP) is 2.44. The summed E-state index contributed by atoms with van der Waals surface area (Å²) in [5.41, 5.74) is -0.0495. The molecule has 1 aromatic heterocycles. The molecule has 7 heteroatoms. The van der Waals surface area contributed by atoms with Crippen LogP contribution in [-0.4, -0.2) is 34.0 Å². The van der Waals surface area contributed by atoms with Gasteiger partial charge in [-0.2, -0.15) is 0 Å². The van der Waals surface area contributed by atoms with Gasteiger partial charge in [-0.25, -0.2) is 9.97 Å². The molecule has 106 valence electrons. The average Bonchev–Trinajstić information content (AvgIpc) is 2.35. The summed E-state index contributed by atoms with van der Waals surface area (Å²) in [6.45, 7) is 9.20. The van der Waals surface area contributed by atoms with Crippen molar-refractivity contribution in [3.05, 3.63) is 16.4 Å². The fourth-order valence-corrected chi connectivity index (χ4v) is 1.89. The second-order valence-corrected chi connectivity index (χ2v) is 4.47. The van der Waals surface area contributed by atoms with Gasteiger partial charge in [-0.3, -0.25) is 10.1 Å². The fraction of sp³-hybridized carbons (Fsp3) is 0.667. The van der Waals surface area contributed by atoms with E-state index >= 15 is 0 Å². The molecule has 1 aromatic rings. The summed E-state index contributed by atoms with van der Waals surface area (Å²) in [6, 6.07) is 0.142. The van der Waals surface area contributed by atoms with Gasteiger partial charge in [0.25, 0.3) is 0 Å². The van der Waals surface area contributed by atoms with Crippen molar-refractivity contribution in [1.82, 2.24) is 9.97 Å². The summed E-state index contributed by atoms with van der Waals surface area (Å²) in [4.78, 5) is 20.9. The molecule has 0 amide bonds. The van der Waals surface area contributed by atoms with E-state index in [9.17, 15) is 10.1 Å². The minimum atomic E-state index is -0.418. The van der Waals surface area contributed by atoms with Crippen LogP contribution in [0.2, 0.25) is 0 Å². The van der Waals surface area contributed by atoms with Crippen molar-refractivity contribution in [1.29, 1.82) is 0 Å². The van der Waals surface area contributed by atoms with Gasteiger partial charge in [-0.15, -0.1) is 0 Å². The Morgan fingerprint density at radius 3 is 2.58 bits per heavy atom. The van der Waals surface area contributed by atoms with Gasteiger partial charge in [-0.1, -0.05) is 6.92 Å². The minimum absolute atomic E-state index is 0.0495. The molecule has 0 aliphatic rings. The van der Waals surface area contributed by atoms with Crippen LogP contribution in [-0.2, 0) is 0 Å². The van der Waals surface area contributed by atoms with Crippen molar-refractivity contribution in [2.45, 2.75) is 40.2 Å². The first kappa shape index (κ1) is 15.1. The third-order valence-electron chi connectivity index (χ3n) is 2.69. The molecule has 1 N–H and O–H groups in total. The van der Waals surface area contributed by atoms with E-state index in [1.165, 1.54) is 6.33 Å². The maximum atomic E-state index is 11.3. The topological polar surface area (TPSA) is 84.2 Å². The molecule has 1 rings (SSSR count). The lowest BCUT2D eigenvalue weighted by molar-refractivity contribution is -0.383. The Bertz CT molecular complexity index is 436. The van der Waals surface area contributed by atoms with Gasteiger partial charge in [0.05, 0.1) is 4.92 Å². The van der Waals surface area contributed by atoms with Crippen LogP contribution in [0.3, 0.4) is 0 Å². The first-order valence-corrected chi connectivity index (χ1v) is 6.52. The van der Waals surface area contributed by atoms with Crippen molar-refractivity contribution in [3.8, 4) is 0 Å². The van der Waals surface area contributed by atoms with Crippen molar-refractivity contribution >= 4 is 17.3 Å². The van der Waals surface area contributed by atoms with Crippen LogP contribution in [0.25, 0.3) is 0 Å². The highest BCUT2D eigenvalue weighted by Crippen LogP contribution is 2.32. The van der Waals surface area contributed by atoms with Gasteiger partial charge < -0.3 is 10.2 Å². The van der Waals surface area contributed by atoms with E-state index in [4.69, 9.17) is 0 Å². The molecule has 0 saturated heterocycles. The van der Waals surface area contributed by atoms with Gasteiger partial charge in [0.15, 0.2) is 0 Å². The van der Waals surface area contributed by atoms with E-state index < -0.39 is 4.92 Å². The van der Waals surface area contributed by atoms with Gasteiger partial charge in [0.1, 0.15) is 6.33 Å². The number of rotatable bonds is 7. The van der Waals surface area contributed by atoms with E-state index in [2.05, 4.69) is 15.3 Å². The molecular formula is C12H21N5O2. The number of anilines is 2. The maximum absolute atomic E-state index is 11.3. The molecule has 0 aromatic carbocycles. The van der Waals surface area contributed by atoms with Crippen LogP contribution in [0.1, 0.15) is 34.1 Å². The quantitative estimate of drug-likeness (QED) is 0.603. The largest absolute Gasteiger partial charge is 0.364 e. The van der Waals surface area contributed by atoms with Crippen LogP contribution >= 0.6 is 0 Å². The third kappa shape index (κ3) is 3.52. The van der Waals surface area contributed by atoms with E-state index in [0.29, 0.717) is 12.4 Å². The highest BCUT2D eigenvalue weighted by molar-refractivity contribution is 5.70. The molecule has 1 heterocycles. The Morgan fingerprint density at radius 1 is 1.42 bits per heavy atom. The standard InChI is InChI=1S/C12H21N5O2/c1-5-7-16(9(3)4)12-10(17(18)19)11(13-6-2)14-8-15-12/h8-9H,5-7H2,1-4H3,(H,13,14,15). The molecule has 0 radical (unpaired) electrons. The normalized spacial score (nSPS) is 10.6. The van der Waals surface area contributed by atoms with Crippen molar-refractivity contribution in [2.75, 3.05) is 23.3 Å². The Hall–Kier alpha value is -1.92. The molecular weight excluding hydrogens is 246 g/mol. The lowest BCUT2D eigenvalue weighted by atomic mass is 10.2. The van der Waals surface area contributed by atoms with Crippen LogP contribution in [0, 0.1) is 10.1 Å². The maximum Gasteiger partial charge on any atom is 0.353 e. The number of nitrogens with one attached hydrogen (secondary N) is 1. The zero-order valence-electron chi connectivity index (χ0n) is 11.9. The summed E-state index contributed by atoms with van der Waals surface area (Å²) in [7, 11) is 0. The Kier molecular flexibility index (Phi) is 5.47. The van der Waals surface area contributed by atoms with Crippen LogP contribution in [0.15, 0.2) is 6.33 Å². The van der Waals surface area contributed by atoms with Crippen molar-refractivity contribution in [2.24, 2.45) is 0 Å². The fourth-order valence-electron chi connectivity index (χ4n) is 1.89. The summed E-state index contributed by atoms with van der Waals surface area (Å²) in [5.74, 6) is 0.659. The highest BCUT2D eigenvalue weighted by atomic mass is 16.6. The van der Waals surface area contributed by atoms with Gasteiger partial charge in [0.2, 0.25) is 11.6 Å². The Labute approximate surface area is 113 Å².